The molecule has 0 aromatic heterocycles. The van der Waals surface area contributed by atoms with Crippen LogP contribution in [0.3, 0.4) is 0 Å². The maximum absolute atomic E-state index is 12.0. The van der Waals surface area contributed by atoms with Gasteiger partial charge in [0.15, 0.2) is 0 Å². The molecule has 0 aliphatic heterocycles. The highest BCUT2D eigenvalue weighted by atomic mass is 16.6. The third-order valence-corrected chi connectivity index (χ3v) is 3.78. The molecule has 2 rings (SSSR count). The first kappa shape index (κ1) is 14.5. The number of hydrogen-bond acceptors (Lipinski definition) is 4. The Morgan fingerprint density at radius 3 is 2.35 bits per heavy atom. The Kier molecular flexibility index (Phi) is 4.68. The number of benzene rings is 1. The van der Waals surface area contributed by atoms with Crippen molar-refractivity contribution >= 4 is 11.6 Å². The number of aliphatic hydroxyl groups excluding tert-OH is 1. The summed E-state index contributed by atoms with van der Waals surface area (Å²) in [5.74, 6) is 0.148. The van der Waals surface area contributed by atoms with Gasteiger partial charge in [-0.2, -0.15) is 0 Å². The second kappa shape index (κ2) is 6.47. The summed E-state index contributed by atoms with van der Waals surface area (Å²) in [5, 5.41) is 22.5. The summed E-state index contributed by atoms with van der Waals surface area (Å²) in [6.07, 6.45) is 3.57. The molecule has 0 unspecified atom stereocenters. The lowest BCUT2D eigenvalue weighted by Crippen LogP contribution is -2.38. The third-order valence-electron chi connectivity index (χ3n) is 3.78. The number of carbonyl (C=O) groups is 1. The van der Waals surface area contributed by atoms with E-state index in [0.29, 0.717) is 11.5 Å². The highest BCUT2D eigenvalue weighted by Crippen LogP contribution is 2.24. The van der Waals surface area contributed by atoms with Crippen molar-refractivity contribution < 1.29 is 14.8 Å². The number of nitro groups is 1. The zero-order valence-corrected chi connectivity index (χ0v) is 11.1. The van der Waals surface area contributed by atoms with Gasteiger partial charge in [-0.05, 0) is 43.7 Å². The highest BCUT2D eigenvalue weighted by Gasteiger charge is 2.22. The summed E-state index contributed by atoms with van der Waals surface area (Å²) in [5.41, 5.74) is 0.407. The molecule has 1 aliphatic carbocycles. The predicted molar refractivity (Wildman–Crippen MR) is 73.4 cm³/mol. The van der Waals surface area contributed by atoms with Gasteiger partial charge >= 0.3 is 0 Å². The highest BCUT2D eigenvalue weighted by molar-refractivity contribution is 5.94. The molecule has 0 heterocycles. The molecule has 0 bridgehead atoms. The van der Waals surface area contributed by atoms with E-state index in [9.17, 15) is 14.9 Å². The lowest BCUT2D eigenvalue weighted by atomic mass is 9.86. The van der Waals surface area contributed by atoms with Crippen LogP contribution in [0.15, 0.2) is 24.3 Å². The van der Waals surface area contributed by atoms with Crippen molar-refractivity contribution in [2.24, 2.45) is 5.92 Å². The number of nitrogens with zero attached hydrogens (tertiary/aromatic N) is 1. The van der Waals surface area contributed by atoms with Crippen LogP contribution in [0.5, 0.6) is 0 Å². The van der Waals surface area contributed by atoms with Crippen LogP contribution in [0, 0.1) is 16.0 Å². The third kappa shape index (κ3) is 3.54. The van der Waals surface area contributed by atoms with Gasteiger partial charge in [-0.15, -0.1) is 0 Å². The van der Waals surface area contributed by atoms with Crippen LogP contribution in [0.25, 0.3) is 0 Å². The number of aliphatic hydroxyl groups is 1. The molecule has 1 aromatic rings. The van der Waals surface area contributed by atoms with Gasteiger partial charge in [0.2, 0.25) is 0 Å². The Balaban J connectivity index is 1.90. The molecular weight excluding hydrogens is 260 g/mol. The first-order valence-electron chi connectivity index (χ1n) is 6.76. The van der Waals surface area contributed by atoms with Crippen LogP contribution < -0.4 is 5.32 Å². The van der Waals surface area contributed by atoms with E-state index in [1.807, 2.05) is 0 Å². The molecule has 1 aliphatic rings. The molecule has 0 spiro atoms. The van der Waals surface area contributed by atoms with Crippen molar-refractivity contribution in [3.05, 3.63) is 39.9 Å². The average molecular weight is 278 g/mol. The second-order valence-corrected chi connectivity index (χ2v) is 5.18. The fourth-order valence-corrected chi connectivity index (χ4v) is 2.49. The van der Waals surface area contributed by atoms with E-state index in [1.54, 1.807) is 0 Å². The van der Waals surface area contributed by atoms with Crippen LogP contribution in [0.4, 0.5) is 5.69 Å². The van der Waals surface area contributed by atoms with E-state index in [1.165, 1.54) is 24.3 Å². The van der Waals surface area contributed by atoms with Crippen molar-refractivity contribution in [3.63, 3.8) is 0 Å². The fourth-order valence-electron chi connectivity index (χ4n) is 2.49. The summed E-state index contributed by atoms with van der Waals surface area (Å²) in [6.45, 7) is 0.211. The number of non-ortho nitro benzene ring substituents is 1. The number of nitrogens with one attached hydrogen (secondary N) is 1. The molecular formula is C14H18N2O4. The van der Waals surface area contributed by atoms with Crippen LogP contribution in [0.2, 0.25) is 0 Å². The zero-order chi connectivity index (χ0) is 14.5. The normalized spacial score (nSPS) is 22.2. The molecule has 0 saturated heterocycles. The van der Waals surface area contributed by atoms with Gasteiger partial charge < -0.3 is 10.4 Å². The maximum atomic E-state index is 12.0. The molecule has 1 amide bonds. The number of amides is 1. The first-order valence-corrected chi connectivity index (χ1v) is 6.76. The Hall–Kier alpha value is -1.95. The van der Waals surface area contributed by atoms with Crippen molar-refractivity contribution in [1.82, 2.24) is 5.32 Å². The molecule has 1 fully saturated rings. The van der Waals surface area contributed by atoms with E-state index in [4.69, 9.17) is 5.11 Å². The van der Waals surface area contributed by atoms with Crippen molar-refractivity contribution in [2.45, 2.75) is 31.7 Å². The fraction of sp³-hybridized carbons (Fsp3) is 0.500. The summed E-state index contributed by atoms with van der Waals surface area (Å²) in [6, 6.07) is 5.72. The predicted octanol–water partition coefficient (Wildman–Crippen LogP) is 1.88. The lowest BCUT2D eigenvalue weighted by molar-refractivity contribution is -0.384. The van der Waals surface area contributed by atoms with Gasteiger partial charge in [0.05, 0.1) is 4.92 Å². The van der Waals surface area contributed by atoms with Crippen LogP contribution in [0.1, 0.15) is 36.0 Å². The minimum absolute atomic E-state index is 0.0231. The van der Waals surface area contributed by atoms with Gasteiger partial charge in [-0.1, -0.05) is 0 Å². The quantitative estimate of drug-likeness (QED) is 0.649. The number of rotatable bonds is 4. The molecule has 6 nitrogen and oxygen atoms in total. The standard InChI is InChI=1S/C14H18N2O4/c17-9-10-1-5-12(6-2-10)15-14(18)11-3-7-13(8-4-11)16(19)20/h3-4,7-8,10,12,17H,1-2,5-6,9H2,(H,15,18). The van der Waals surface area contributed by atoms with Gasteiger partial charge in [0.25, 0.3) is 11.6 Å². The molecule has 0 atom stereocenters. The van der Waals surface area contributed by atoms with E-state index in [0.717, 1.165) is 25.7 Å². The largest absolute Gasteiger partial charge is 0.396 e. The SMILES string of the molecule is O=C(NC1CCC(CO)CC1)c1ccc([N+](=O)[O-])cc1. The van der Waals surface area contributed by atoms with Gasteiger partial charge in [0, 0.05) is 30.3 Å². The smallest absolute Gasteiger partial charge is 0.269 e. The monoisotopic (exact) mass is 278 g/mol. The Bertz CT molecular complexity index is 478. The Labute approximate surface area is 117 Å². The van der Waals surface area contributed by atoms with Gasteiger partial charge in [-0.25, -0.2) is 0 Å². The number of carbonyl (C=O) groups excluding carboxylic acids is 1. The van der Waals surface area contributed by atoms with Crippen LogP contribution in [-0.4, -0.2) is 28.6 Å². The second-order valence-electron chi connectivity index (χ2n) is 5.18. The minimum Gasteiger partial charge on any atom is -0.396 e. The van der Waals surface area contributed by atoms with E-state index < -0.39 is 4.92 Å². The number of nitro benzene ring substituents is 1. The minimum atomic E-state index is -0.488. The molecule has 2 N–H and O–H groups in total. The van der Waals surface area contributed by atoms with E-state index in [2.05, 4.69) is 5.32 Å². The van der Waals surface area contributed by atoms with Crippen molar-refractivity contribution in [2.75, 3.05) is 6.61 Å². The van der Waals surface area contributed by atoms with Gasteiger partial charge in [-0.3, -0.25) is 14.9 Å². The average Bonchev–Trinajstić information content (AvgIpc) is 2.48. The molecule has 20 heavy (non-hydrogen) atoms. The van der Waals surface area contributed by atoms with Gasteiger partial charge in [0.1, 0.15) is 0 Å². The Morgan fingerprint density at radius 1 is 1.25 bits per heavy atom. The lowest BCUT2D eigenvalue weighted by Gasteiger charge is -2.27. The molecule has 1 aromatic carbocycles. The first-order chi connectivity index (χ1) is 9.60. The molecule has 1 saturated carbocycles. The van der Waals surface area contributed by atoms with Crippen molar-refractivity contribution in [3.8, 4) is 0 Å². The topological polar surface area (TPSA) is 92.5 Å². The molecule has 0 radical (unpaired) electrons. The maximum Gasteiger partial charge on any atom is 0.269 e. The van der Waals surface area contributed by atoms with E-state index >= 15 is 0 Å². The van der Waals surface area contributed by atoms with Crippen molar-refractivity contribution in [1.29, 1.82) is 0 Å². The van der Waals surface area contributed by atoms with E-state index in [-0.39, 0.29) is 24.2 Å². The summed E-state index contributed by atoms with van der Waals surface area (Å²) >= 11 is 0. The van der Waals surface area contributed by atoms with Crippen LogP contribution in [-0.2, 0) is 0 Å². The summed E-state index contributed by atoms with van der Waals surface area (Å²) in [4.78, 5) is 22.1. The summed E-state index contributed by atoms with van der Waals surface area (Å²) in [7, 11) is 0. The summed E-state index contributed by atoms with van der Waals surface area (Å²) < 4.78 is 0. The molecule has 6 heteroatoms. The Morgan fingerprint density at radius 2 is 1.85 bits per heavy atom. The number of hydrogen-bond donors (Lipinski definition) is 2. The molecule has 108 valence electrons. The zero-order valence-electron chi connectivity index (χ0n) is 11.1. The van der Waals surface area contributed by atoms with Crippen LogP contribution >= 0.6 is 0 Å².